The second kappa shape index (κ2) is 9.72. The molecule has 10 nitrogen and oxygen atoms in total. The van der Waals surface area contributed by atoms with Crippen LogP contribution in [0.4, 0.5) is 10.5 Å². The van der Waals surface area contributed by atoms with Crippen molar-refractivity contribution in [3.63, 3.8) is 0 Å². The number of carbonyl (C=O) groups excluding carboxylic acids is 1. The molecule has 0 bridgehead atoms. The molecule has 0 aromatic heterocycles. The molecule has 1 aliphatic carbocycles. The Bertz CT molecular complexity index is 1260. The highest BCUT2D eigenvalue weighted by Crippen LogP contribution is 2.44. The summed E-state index contributed by atoms with van der Waals surface area (Å²) in [5.74, 6) is -2.14. The van der Waals surface area contributed by atoms with Crippen molar-refractivity contribution in [2.24, 2.45) is 0 Å². The Kier molecular flexibility index (Phi) is 6.54. The number of nitro benzene ring substituents is 1. The van der Waals surface area contributed by atoms with Crippen molar-refractivity contribution in [3.05, 3.63) is 87.5 Å². The lowest BCUT2D eigenvalue weighted by Crippen LogP contribution is -2.43. The predicted octanol–water partition coefficient (Wildman–Crippen LogP) is 3.84. The Hall–Kier alpha value is -4.60. The molecule has 35 heavy (non-hydrogen) atoms. The predicted molar refractivity (Wildman–Crippen MR) is 125 cm³/mol. The number of hydrogen-bond donors (Lipinski definition) is 3. The van der Waals surface area contributed by atoms with Crippen LogP contribution in [0.2, 0.25) is 0 Å². The van der Waals surface area contributed by atoms with Gasteiger partial charge in [-0.15, -0.1) is 0 Å². The number of carboxylic acids is 1. The molecule has 0 spiro atoms. The average molecular weight is 478 g/mol. The normalized spacial score (nSPS) is 12.8. The molecule has 0 saturated heterocycles. The molecule has 4 rings (SSSR count). The number of phenols is 1. The number of carboxylic acid groups (broad SMARTS) is 1. The van der Waals surface area contributed by atoms with Crippen molar-refractivity contribution in [3.8, 4) is 22.6 Å². The summed E-state index contributed by atoms with van der Waals surface area (Å²) in [6.07, 6.45) is -1.42. The number of aromatic hydroxyl groups is 1. The molecule has 0 fully saturated rings. The minimum absolute atomic E-state index is 0.0182. The van der Waals surface area contributed by atoms with Crippen LogP contribution < -0.4 is 10.1 Å². The summed E-state index contributed by atoms with van der Waals surface area (Å²) in [6, 6.07) is 16.1. The average Bonchev–Trinajstić information content (AvgIpc) is 3.16. The van der Waals surface area contributed by atoms with Crippen LogP contribution in [0.1, 0.15) is 22.6 Å². The minimum atomic E-state index is -1.53. The molecule has 10 heteroatoms. The van der Waals surface area contributed by atoms with Crippen molar-refractivity contribution >= 4 is 17.7 Å². The molecule has 0 saturated carbocycles. The van der Waals surface area contributed by atoms with E-state index in [2.05, 4.69) is 5.32 Å². The molecule has 3 N–H and O–H groups in total. The number of phenolic OH excluding ortho intramolecular Hbond substituents is 1. The maximum atomic E-state index is 12.5. The smallest absolute Gasteiger partial charge is 0.407 e. The number of alkyl carbamates (subject to hydrolysis) is 1. The van der Waals surface area contributed by atoms with E-state index in [0.29, 0.717) is 0 Å². The van der Waals surface area contributed by atoms with Gasteiger partial charge in [0.2, 0.25) is 0 Å². The standard InChI is InChI=1S/C25H22N2O8/c1-34-23-12-21(27(32)33)14(11-22(23)28)10-20(24(29)30)26-25(31)35-13-19-17-8-4-2-6-15(17)16-7-3-5-9-18(16)19/h2-9,11-12,19-20,28H,10,13H2,1H3,(H,26,31)(H,29,30). The molecule has 1 atom stereocenters. The molecule has 0 aliphatic heterocycles. The SMILES string of the molecule is COc1cc([N+](=O)[O-])c(CC(NC(=O)OCC2c3ccccc3-c3ccccc32)C(=O)O)cc1O. The highest BCUT2D eigenvalue weighted by molar-refractivity contribution is 5.81. The zero-order chi connectivity index (χ0) is 25.1. The fraction of sp³-hybridized carbons (Fsp3) is 0.200. The summed E-state index contributed by atoms with van der Waals surface area (Å²) in [5.41, 5.74) is 3.57. The van der Waals surface area contributed by atoms with Gasteiger partial charge in [0.15, 0.2) is 11.5 Å². The van der Waals surface area contributed by atoms with E-state index in [0.717, 1.165) is 34.4 Å². The fourth-order valence-electron chi connectivity index (χ4n) is 4.30. The lowest BCUT2D eigenvalue weighted by atomic mass is 9.98. The van der Waals surface area contributed by atoms with E-state index < -0.39 is 40.9 Å². The van der Waals surface area contributed by atoms with Gasteiger partial charge in [0.1, 0.15) is 12.6 Å². The first-order chi connectivity index (χ1) is 16.8. The zero-order valence-corrected chi connectivity index (χ0v) is 18.6. The van der Waals surface area contributed by atoms with E-state index in [1.165, 1.54) is 7.11 Å². The molecular weight excluding hydrogens is 456 g/mol. The van der Waals surface area contributed by atoms with Gasteiger partial charge in [-0.2, -0.15) is 0 Å². The van der Waals surface area contributed by atoms with Gasteiger partial charge in [-0.05, 0) is 28.3 Å². The van der Waals surface area contributed by atoms with Gasteiger partial charge in [0.25, 0.3) is 5.69 Å². The fourth-order valence-corrected chi connectivity index (χ4v) is 4.30. The van der Waals surface area contributed by atoms with Crippen molar-refractivity contribution in [2.45, 2.75) is 18.4 Å². The molecule has 3 aromatic rings. The summed E-state index contributed by atoms with van der Waals surface area (Å²) >= 11 is 0. The largest absolute Gasteiger partial charge is 0.504 e. The monoisotopic (exact) mass is 478 g/mol. The quantitative estimate of drug-likeness (QED) is 0.327. The topological polar surface area (TPSA) is 148 Å². The van der Waals surface area contributed by atoms with E-state index in [1.54, 1.807) is 0 Å². The number of rotatable bonds is 8. The maximum Gasteiger partial charge on any atom is 0.407 e. The second-order valence-corrected chi connectivity index (χ2v) is 7.97. The number of nitro groups is 1. The summed E-state index contributed by atoms with van der Waals surface area (Å²) in [4.78, 5) is 35.0. The number of aliphatic carboxylic acids is 1. The van der Waals surface area contributed by atoms with Gasteiger partial charge in [-0.3, -0.25) is 10.1 Å². The lowest BCUT2D eigenvalue weighted by Gasteiger charge is -2.18. The van der Waals surface area contributed by atoms with Crippen molar-refractivity contribution < 1.29 is 34.2 Å². The first-order valence-corrected chi connectivity index (χ1v) is 10.7. The third-order valence-electron chi connectivity index (χ3n) is 5.93. The van der Waals surface area contributed by atoms with Gasteiger partial charge >= 0.3 is 12.1 Å². The number of hydrogen-bond acceptors (Lipinski definition) is 7. The third kappa shape index (κ3) is 4.72. The number of nitrogens with one attached hydrogen (secondary N) is 1. The number of methoxy groups -OCH3 is 1. The molecule has 1 amide bonds. The van der Waals surface area contributed by atoms with Crippen LogP contribution in [0, 0.1) is 10.1 Å². The van der Waals surface area contributed by atoms with Gasteiger partial charge < -0.3 is 25.0 Å². The van der Waals surface area contributed by atoms with Gasteiger partial charge in [0, 0.05) is 17.9 Å². The van der Waals surface area contributed by atoms with Crippen LogP contribution in [-0.2, 0) is 16.0 Å². The molecule has 1 unspecified atom stereocenters. The molecular formula is C25H22N2O8. The Morgan fingerprint density at radius 1 is 1.09 bits per heavy atom. The van der Waals surface area contributed by atoms with Gasteiger partial charge in [0.05, 0.1) is 18.1 Å². The van der Waals surface area contributed by atoms with Gasteiger partial charge in [-0.25, -0.2) is 9.59 Å². The first kappa shape index (κ1) is 23.6. The van der Waals surface area contributed by atoms with E-state index in [-0.39, 0.29) is 23.8 Å². The van der Waals surface area contributed by atoms with Crippen molar-refractivity contribution in [1.29, 1.82) is 0 Å². The maximum absolute atomic E-state index is 12.5. The van der Waals surface area contributed by atoms with E-state index in [4.69, 9.17) is 9.47 Å². The van der Waals surface area contributed by atoms with Crippen molar-refractivity contribution in [2.75, 3.05) is 13.7 Å². The number of fused-ring (bicyclic) bond motifs is 3. The first-order valence-electron chi connectivity index (χ1n) is 10.7. The van der Waals surface area contributed by atoms with Crippen molar-refractivity contribution in [1.82, 2.24) is 5.32 Å². The third-order valence-corrected chi connectivity index (χ3v) is 5.93. The van der Waals surface area contributed by atoms with Gasteiger partial charge in [-0.1, -0.05) is 48.5 Å². The van der Waals surface area contributed by atoms with Crippen LogP contribution in [0.3, 0.4) is 0 Å². The number of ether oxygens (including phenoxy) is 2. The highest BCUT2D eigenvalue weighted by atomic mass is 16.6. The molecule has 0 heterocycles. The van der Waals surface area contributed by atoms with Crippen LogP contribution >= 0.6 is 0 Å². The zero-order valence-electron chi connectivity index (χ0n) is 18.6. The van der Waals surface area contributed by atoms with Crippen LogP contribution in [0.5, 0.6) is 11.5 Å². The summed E-state index contributed by atoms with van der Waals surface area (Å²) in [7, 11) is 1.23. The summed E-state index contributed by atoms with van der Waals surface area (Å²) in [5, 5.41) is 33.3. The molecule has 0 radical (unpaired) electrons. The van der Waals surface area contributed by atoms with Crippen LogP contribution in [0.15, 0.2) is 60.7 Å². The molecule has 1 aliphatic rings. The number of carbonyl (C=O) groups is 2. The Balaban J connectivity index is 1.48. The van der Waals surface area contributed by atoms with Crippen LogP contribution in [-0.4, -0.2) is 47.0 Å². The molecule has 180 valence electrons. The van der Waals surface area contributed by atoms with Crippen LogP contribution in [0.25, 0.3) is 11.1 Å². The lowest BCUT2D eigenvalue weighted by molar-refractivity contribution is -0.385. The van der Waals surface area contributed by atoms with E-state index in [9.17, 15) is 29.9 Å². The number of amides is 1. The minimum Gasteiger partial charge on any atom is -0.504 e. The van der Waals surface area contributed by atoms with E-state index >= 15 is 0 Å². The summed E-state index contributed by atoms with van der Waals surface area (Å²) < 4.78 is 10.3. The Labute approximate surface area is 199 Å². The summed E-state index contributed by atoms with van der Waals surface area (Å²) in [6.45, 7) is -0.0182. The second-order valence-electron chi connectivity index (χ2n) is 7.97. The number of benzene rings is 3. The Morgan fingerprint density at radius 3 is 2.23 bits per heavy atom. The van der Waals surface area contributed by atoms with E-state index in [1.807, 2.05) is 48.5 Å². The highest BCUT2D eigenvalue weighted by Gasteiger charge is 2.31. The molecule has 3 aromatic carbocycles. The number of nitrogens with zero attached hydrogens (tertiary/aromatic N) is 1. The Morgan fingerprint density at radius 2 is 1.69 bits per heavy atom.